The van der Waals surface area contributed by atoms with Crippen LogP contribution in [0.2, 0.25) is 0 Å². The molecular weight excluding hydrogens is 402 g/mol. The average Bonchev–Trinajstić information content (AvgIpc) is 3.12. The van der Waals surface area contributed by atoms with Gasteiger partial charge >= 0.3 is 0 Å². The van der Waals surface area contributed by atoms with E-state index < -0.39 is 0 Å². The van der Waals surface area contributed by atoms with E-state index in [9.17, 15) is 4.79 Å². The van der Waals surface area contributed by atoms with Crippen molar-refractivity contribution >= 4 is 40.8 Å². The molecule has 0 fully saturated rings. The fourth-order valence-electron chi connectivity index (χ4n) is 2.46. The lowest BCUT2D eigenvalue weighted by molar-refractivity contribution is -0.111. The quantitative estimate of drug-likeness (QED) is 0.512. The van der Waals surface area contributed by atoms with E-state index in [2.05, 4.69) is 10.3 Å². The van der Waals surface area contributed by atoms with Gasteiger partial charge < -0.3 is 10.1 Å². The molecule has 29 heavy (non-hydrogen) atoms. The van der Waals surface area contributed by atoms with Crippen molar-refractivity contribution in [3.63, 3.8) is 0 Å². The number of thiazole rings is 1. The van der Waals surface area contributed by atoms with Gasteiger partial charge in [-0.2, -0.15) is 5.26 Å². The van der Waals surface area contributed by atoms with Gasteiger partial charge in [0.15, 0.2) is 10.9 Å². The number of hydrogen-bond donors (Lipinski definition) is 1. The predicted octanol–water partition coefficient (Wildman–Crippen LogP) is 5.47. The summed E-state index contributed by atoms with van der Waals surface area (Å²) in [5.74, 6) is 0.420. The maximum atomic E-state index is 12.3. The molecule has 2 aromatic carbocycles. The third-order valence-electron chi connectivity index (χ3n) is 3.87. The number of nitrogens with one attached hydrogen (secondary N) is 1. The number of hydrogen-bond acceptors (Lipinski definition) is 6. The number of carbonyl (C=O) groups excluding carboxylic acids is 1. The Balaban J connectivity index is 1.58. The number of carbonyl (C=O) groups is 1. The van der Waals surface area contributed by atoms with Gasteiger partial charge in [-0.1, -0.05) is 23.9 Å². The van der Waals surface area contributed by atoms with Crippen LogP contribution in [0.3, 0.4) is 0 Å². The minimum atomic E-state index is -0.200. The smallest absolute Gasteiger partial charge is 0.248 e. The van der Waals surface area contributed by atoms with E-state index in [1.165, 1.54) is 6.08 Å². The summed E-state index contributed by atoms with van der Waals surface area (Å²) in [7, 11) is 0. The van der Waals surface area contributed by atoms with Gasteiger partial charge in [0.1, 0.15) is 11.8 Å². The van der Waals surface area contributed by atoms with Gasteiger partial charge in [-0.25, -0.2) is 4.98 Å². The zero-order valence-electron chi connectivity index (χ0n) is 16.0. The van der Waals surface area contributed by atoms with Crippen LogP contribution in [0.4, 0.5) is 5.69 Å². The fraction of sp³-hybridized carbons (Fsp3) is 0.136. The highest BCUT2D eigenvalue weighted by atomic mass is 32.2. The van der Waals surface area contributed by atoms with Gasteiger partial charge in [0, 0.05) is 27.7 Å². The van der Waals surface area contributed by atoms with Crippen LogP contribution in [0.15, 0.2) is 63.2 Å². The van der Waals surface area contributed by atoms with E-state index in [1.54, 1.807) is 41.3 Å². The highest BCUT2D eigenvalue weighted by Gasteiger charge is 2.06. The van der Waals surface area contributed by atoms with E-state index >= 15 is 0 Å². The van der Waals surface area contributed by atoms with E-state index in [0.29, 0.717) is 5.75 Å². The lowest BCUT2D eigenvalue weighted by Crippen LogP contribution is -2.08. The number of ether oxygens (including phenoxy) is 1. The van der Waals surface area contributed by atoms with Crippen LogP contribution in [0.5, 0.6) is 5.75 Å². The summed E-state index contributed by atoms with van der Waals surface area (Å²) in [6.07, 6.45) is 3.22. The van der Waals surface area contributed by atoms with Crippen molar-refractivity contribution < 1.29 is 9.53 Å². The summed E-state index contributed by atoms with van der Waals surface area (Å²) >= 11 is 3.24. The third kappa shape index (κ3) is 6.21. The van der Waals surface area contributed by atoms with Crippen molar-refractivity contribution in [1.29, 1.82) is 5.26 Å². The van der Waals surface area contributed by atoms with Crippen molar-refractivity contribution in [3.05, 3.63) is 70.7 Å². The summed E-state index contributed by atoms with van der Waals surface area (Å²) in [6, 6.07) is 15.0. The van der Waals surface area contributed by atoms with Crippen LogP contribution in [0.25, 0.3) is 6.08 Å². The Hall–Kier alpha value is -3.08. The zero-order valence-corrected chi connectivity index (χ0v) is 17.6. The Morgan fingerprint density at radius 1 is 1.28 bits per heavy atom. The molecule has 146 valence electrons. The molecule has 0 saturated carbocycles. The average molecular weight is 422 g/mol. The molecule has 3 aromatic rings. The van der Waals surface area contributed by atoms with Gasteiger partial charge in [-0.15, -0.1) is 11.3 Å². The number of rotatable bonds is 7. The molecule has 1 N–H and O–H groups in total. The van der Waals surface area contributed by atoms with Crippen molar-refractivity contribution in [2.45, 2.75) is 23.1 Å². The molecule has 1 heterocycles. The van der Waals surface area contributed by atoms with E-state index in [-0.39, 0.29) is 12.5 Å². The van der Waals surface area contributed by atoms with Gasteiger partial charge in [0.2, 0.25) is 5.91 Å². The van der Waals surface area contributed by atoms with Crippen molar-refractivity contribution in [1.82, 2.24) is 4.98 Å². The second-order valence-corrected chi connectivity index (χ2v) is 8.35. The first kappa shape index (κ1) is 20.6. The third-order valence-corrected chi connectivity index (χ3v) is 5.92. The Morgan fingerprint density at radius 3 is 2.72 bits per heavy atom. The van der Waals surface area contributed by atoms with Gasteiger partial charge in [-0.3, -0.25) is 4.79 Å². The van der Waals surface area contributed by atoms with Gasteiger partial charge in [0.05, 0.1) is 0 Å². The van der Waals surface area contributed by atoms with Gasteiger partial charge in [-0.05, 0) is 61.4 Å². The monoisotopic (exact) mass is 421 g/mol. The van der Waals surface area contributed by atoms with Crippen molar-refractivity contribution in [2.24, 2.45) is 0 Å². The number of aromatic nitrogens is 1. The molecule has 0 spiro atoms. The molecule has 0 aliphatic rings. The molecule has 0 aliphatic heterocycles. The highest BCUT2D eigenvalue weighted by molar-refractivity contribution is 8.01. The molecule has 0 radical (unpaired) electrons. The largest absolute Gasteiger partial charge is 0.479 e. The van der Waals surface area contributed by atoms with Crippen LogP contribution in [0.1, 0.15) is 16.8 Å². The number of nitrogens with zero attached hydrogens (tertiary/aromatic N) is 2. The van der Waals surface area contributed by atoms with Crippen molar-refractivity contribution in [3.8, 4) is 11.8 Å². The maximum Gasteiger partial charge on any atom is 0.248 e. The number of anilines is 1. The molecule has 1 amide bonds. The molecule has 5 nitrogen and oxygen atoms in total. The summed E-state index contributed by atoms with van der Waals surface area (Å²) in [4.78, 5) is 17.8. The van der Waals surface area contributed by atoms with Gasteiger partial charge in [0.25, 0.3) is 0 Å². The second-order valence-electron chi connectivity index (χ2n) is 6.17. The molecule has 0 saturated heterocycles. The van der Waals surface area contributed by atoms with Crippen LogP contribution < -0.4 is 10.1 Å². The van der Waals surface area contributed by atoms with Crippen LogP contribution in [-0.2, 0) is 4.79 Å². The van der Waals surface area contributed by atoms with E-state index in [4.69, 9.17) is 10.00 Å². The lowest BCUT2D eigenvalue weighted by Gasteiger charge is -2.08. The molecule has 3 rings (SSSR count). The molecular formula is C22H19N3O2S2. The summed E-state index contributed by atoms with van der Waals surface area (Å²) < 4.78 is 6.21. The minimum Gasteiger partial charge on any atom is -0.479 e. The number of benzene rings is 2. The minimum absolute atomic E-state index is 0.0116. The molecule has 7 heteroatoms. The fourth-order valence-corrected chi connectivity index (χ4v) is 4.37. The van der Waals surface area contributed by atoms with Crippen molar-refractivity contribution in [2.75, 3.05) is 11.9 Å². The summed E-state index contributed by atoms with van der Waals surface area (Å²) in [6.45, 7) is 3.96. The first-order chi connectivity index (χ1) is 14.0. The zero-order chi connectivity index (χ0) is 20.6. The normalized spacial score (nSPS) is 10.7. The molecule has 0 aliphatic carbocycles. The first-order valence-corrected chi connectivity index (χ1v) is 10.5. The Morgan fingerprint density at radius 2 is 2.07 bits per heavy atom. The van der Waals surface area contributed by atoms with Crippen LogP contribution in [0, 0.1) is 25.2 Å². The Labute approximate surface area is 178 Å². The van der Waals surface area contributed by atoms with E-state index in [0.717, 1.165) is 31.7 Å². The highest BCUT2D eigenvalue weighted by Crippen LogP contribution is 2.32. The SMILES string of the molecule is Cc1csc(Sc2ccc(NC(=O)/C=C/c3ccc(OCC#N)cc3)c(C)c2)n1. The number of nitriles is 1. The lowest BCUT2D eigenvalue weighted by atomic mass is 10.2. The summed E-state index contributed by atoms with van der Waals surface area (Å²) in [5, 5.41) is 13.5. The Kier molecular flexibility index (Phi) is 7.06. The molecule has 0 unspecified atom stereocenters. The molecule has 0 atom stereocenters. The van der Waals surface area contributed by atoms with E-state index in [1.807, 2.05) is 55.6 Å². The first-order valence-electron chi connectivity index (χ1n) is 8.83. The second kappa shape index (κ2) is 9.92. The number of aryl methyl sites for hydroxylation is 2. The van der Waals surface area contributed by atoms with Crippen LogP contribution in [-0.4, -0.2) is 17.5 Å². The maximum absolute atomic E-state index is 12.3. The van der Waals surface area contributed by atoms with Crippen LogP contribution >= 0.6 is 23.1 Å². The Bertz CT molecular complexity index is 1070. The predicted molar refractivity (Wildman–Crippen MR) is 117 cm³/mol. The molecule has 0 bridgehead atoms. The number of amides is 1. The molecule has 1 aromatic heterocycles. The standard InChI is InChI=1S/C22H19N3O2S2/c1-15-13-19(29-22-24-16(2)14-28-22)8-9-20(15)25-21(26)10-5-17-3-6-18(7-4-17)27-12-11-23/h3-10,13-14H,12H2,1-2H3,(H,25,26)/b10-5+. The summed E-state index contributed by atoms with van der Waals surface area (Å²) in [5.41, 5.74) is 3.66. The topological polar surface area (TPSA) is 75.0 Å².